The number of methoxy groups -OCH3 is 3. The zero-order valence-corrected chi connectivity index (χ0v) is 25.7. The van der Waals surface area contributed by atoms with Gasteiger partial charge in [0.1, 0.15) is 20.4 Å². The molecule has 12 atom stereocenters. The van der Waals surface area contributed by atoms with E-state index in [2.05, 4.69) is 33.8 Å². The maximum absolute atomic E-state index is 9.30. The van der Waals surface area contributed by atoms with Crippen molar-refractivity contribution in [2.24, 2.45) is 52.3 Å². The highest BCUT2D eigenvalue weighted by molar-refractivity contribution is 5.16. The molecule has 0 heterocycles. The van der Waals surface area contributed by atoms with E-state index in [0.29, 0.717) is 68.2 Å². The highest BCUT2D eigenvalue weighted by atomic mass is 16.7. The van der Waals surface area contributed by atoms with Gasteiger partial charge in [-0.2, -0.15) is 5.26 Å². The van der Waals surface area contributed by atoms with Crippen LogP contribution in [0.4, 0.5) is 0 Å². The summed E-state index contributed by atoms with van der Waals surface area (Å²) in [5, 5.41) is 9.30. The van der Waals surface area contributed by atoms with Crippen LogP contribution in [0.2, 0.25) is 0 Å². The maximum Gasteiger partial charge on any atom is 0.146 e. The van der Waals surface area contributed by atoms with Crippen LogP contribution >= 0.6 is 0 Å². The zero-order chi connectivity index (χ0) is 28.2. The lowest BCUT2D eigenvalue weighted by Gasteiger charge is -2.67. The van der Waals surface area contributed by atoms with Gasteiger partial charge in [0.2, 0.25) is 0 Å². The van der Waals surface area contributed by atoms with Gasteiger partial charge in [0.25, 0.3) is 0 Å². The lowest BCUT2D eigenvalue weighted by molar-refractivity contribution is -0.275. The number of ether oxygens (including phenoxy) is 6. The minimum Gasteiger partial charge on any atom is -0.359 e. The number of rotatable bonds is 13. The molecular weight excluding hydrogens is 494 g/mol. The number of nitriles is 1. The second-order valence-corrected chi connectivity index (χ2v) is 13.6. The van der Waals surface area contributed by atoms with Crippen LogP contribution in [0.1, 0.15) is 85.5 Å². The summed E-state index contributed by atoms with van der Waals surface area (Å²) >= 11 is 0. The Bertz CT molecular complexity index is 819. The molecule has 4 saturated carbocycles. The molecule has 0 aromatic heterocycles. The van der Waals surface area contributed by atoms with Crippen LogP contribution < -0.4 is 0 Å². The first-order valence-corrected chi connectivity index (χ1v) is 15.5. The van der Waals surface area contributed by atoms with Crippen molar-refractivity contribution in [2.45, 2.75) is 104 Å². The van der Waals surface area contributed by atoms with Crippen molar-refractivity contribution in [1.29, 1.82) is 5.26 Å². The van der Waals surface area contributed by atoms with Crippen molar-refractivity contribution < 1.29 is 28.4 Å². The van der Waals surface area contributed by atoms with E-state index in [-0.39, 0.29) is 29.1 Å². The van der Waals surface area contributed by atoms with E-state index in [1.807, 2.05) is 0 Å². The topological polar surface area (TPSA) is 79.2 Å². The highest BCUT2D eigenvalue weighted by Gasteiger charge is 2.68. The SMILES string of the molecule is CC[C@H]1[C@@H](OCOC)C2C3CC[C@H]([C@H](C)CCC#N)[C@@]3(C)C[C@H](OCOC)C2[C@@]2(C)CC[C@@H](OCOC)C[C@@H]12. The summed E-state index contributed by atoms with van der Waals surface area (Å²) < 4.78 is 36.0. The molecule has 4 aliphatic carbocycles. The van der Waals surface area contributed by atoms with Gasteiger partial charge < -0.3 is 28.4 Å². The molecule has 0 radical (unpaired) electrons. The van der Waals surface area contributed by atoms with Crippen LogP contribution in [-0.4, -0.2) is 60.0 Å². The van der Waals surface area contributed by atoms with E-state index >= 15 is 0 Å². The zero-order valence-electron chi connectivity index (χ0n) is 25.7. The molecule has 0 saturated heterocycles. The first kappa shape index (κ1) is 31.2. The standard InChI is InChI=1S/C32H55NO6/c1-8-23-26-16-22(37-18-34-5)13-14-31(26,3)29-27(38-19-35-6)17-32(4)24(21(2)10-9-15-33)11-12-25(32)28(29)30(23)39-20-36-7/h21-30H,8-14,16-20H2,1-7H3/t21-,22-,23-,24-,25?,26+,27+,28?,29?,30-,31+,32-/m1/s1. The fourth-order valence-electron chi connectivity index (χ4n) is 10.5. The summed E-state index contributed by atoms with van der Waals surface area (Å²) in [4.78, 5) is 0. The number of nitrogens with zero attached hydrogens (tertiary/aromatic N) is 1. The van der Waals surface area contributed by atoms with Gasteiger partial charge in [-0.05, 0) is 97.2 Å². The van der Waals surface area contributed by atoms with Crippen LogP contribution in [0.3, 0.4) is 0 Å². The fourth-order valence-corrected chi connectivity index (χ4v) is 10.5. The second-order valence-electron chi connectivity index (χ2n) is 13.6. The number of fused-ring (bicyclic) bond motifs is 5. The van der Waals surface area contributed by atoms with Crippen molar-refractivity contribution in [1.82, 2.24) is 0 Å². The molecule has 0 aromatic carbocycles. The fraction of sp³-hybridized carbons (Fsp3) is 0.969. The molecule has 0 aliphatic heterocycles. The summed E-state index contributed by atoms with van der Waals surface area (Å²) in [6.45, 7) is 10.8. The Labute approximate surface area is 237 Å². The molecule has 0 aromatic rings. The van der Waals surface area contributed by atoms with Gasteiger partial charge in [-0.1, -0.05) is 34.1 Å². The van der Waals surface area contributed by atoms with E-state index in [9.17, 15) is 5.26 Å². The number of hydrogen-bond donors (Lipinski definition) is 0. The summed E-state index contributed by atoms with van der Waals surface area (Å²) in [5.41, 5.74) is 0.304. The molecule has 7 heteroatoms. The van der Waals surface area contributed by atoms with Gasteiger partial charge in [0.15, 0.2) is 0 Å². The molecule has 4 aliphatic rings. The molecule has 0 N–H and O–H groups in total. The van der Waals surface area contributed by atoms with E-state index in [0.717, 1.165) is 38.5 Å². The molecule has 3 unspecified atom stereocenters. The summed E-state index contributed by atoms with van der Waals surface area (Å²) in [5.74, 6) is 3.45. The normalized spacial score (nSPS) is 44.2. The monoisotopic (exact) mass is 549 g/mol. The van der Waals surface area contributed by atoms with E-state index in [1.165, 1.54) is 12.8 Å². The molecule has 39 heavy (non-hydrogen) atoms. The third-order valence-corrected chi connectivity index (χ3v) is 11.9. The smallest absolute Gasteiger partial charge is 0.146 e. The summed E-state index contributed by atoms with van der Waals surface area (Å²) in [6.07, 6.45) is 9.94. The van der Waals surface area contributed by atoms with Gasteiger partial charge >= 0.3 is 0 Å². The molecule has 224 valence electrons. The van der Waals surface area contributed by atoms with Gasteiger partial charge in [-0.15, -0.1) is 0 Å². The second kappa shape index (κ2) is 13.5. The Kier molecular flexibility index (Phi) is 10.8. The van der Waals surface area contributed by atoms with Crippen LogP contribution in [-0.2, 0) is 28.4 Å². The maximum atomic E-state index is 9.30. The van der Waals surface area contributed by atoms with E-state index < -0.39 is 0 Å². The van der Waals surface area contributed by atoms with Gasteiger partial charge in [0.05, 0.1) is 24.4 Å². The minimum absolute atomic E-state index is 0.121. The highest BCUT2D eigenvalue weighted by Crippen LogP contribution is 2.70. The Morgan fingerprint density at radius 2 is 1.59 bits per heavy atom. The van der Waals surface area contributed by atoms with E-state index in [1.54, 1.807) is 21.3 Å². The van der Waals surface area contributed by atoms with E-state index in [4.69, 9.17) is 28.4 Å². The molecule has 0 amide bonds. The third kappa shape index (κ3) is 5.81. The number of hydrogen-bond acceptors (Lipinski definition) is 7. The largest absolute Gasteiger partial charge is 0.359 e. The average Bonchev–Trinajstić information content (AvgIpc) is 3.28. The molecule has 0 bridgehead atoms. The summed E-state index contributed by atoms with van der Waals surface area (Å²) in [6, 6.07) is 2.39. The third-order valence-electron chi connectivity index (χ3n) is 11.9. The predicted molar refractivity (Wildman–Crippen MR) is 149 cm³/mol. The Balaban J connectivity index is 1.75. The van der Waals surface area contributed by atoms with Crippen LogP contribution in [0.25, 0.3) is 0 Å². The Hall–Kier alpha value is -0.750. The molecular formula is C32H55NO6. The van der Waals surface area contributed by atoms with Gasteiger partial charge in [0, 0.05) is 27.8 Å². The van der Waals surface area contributed by atoms with Crippen molar-refractivity contribution in [2.75, 3.05) is 41.7 Å². The lowest BCUT2D eigenvalue weighted by Crippen LogP contribution is -2.66. The molecule has 4 fully saturated rings. The van der Waals surface area contributed by atoms with Crippen molar-refractivity contribution >= 4 is 0 Å². The predicted octanol–water partition coefficient (Wildman–Crippen LogP) is 6.41. The van der Waals surface area contributed by atoms with Crippen molar-refractivity contribution in [3.63, 3.8) is 0 Å². The molecule has 0 spiro atoms. The van der Waals surface area contributed by atoms with Crippen molar-refractivity contribution in [3.05, 3.63) is 0 Å². The first-order chi connectivity index (χ1) is 18.8. The van der Waals surface area contributed by atoms with Crippen LogP contribution in [0.5, 0.6) is 0 Å². The van der Waals surface area contributed by atoms with Crippen LogP contribution in [0.15, 0.2) is 0 Å². The molecule has 4 rings (SSSR count). The Morgan fingerprint density at radius 1 is 0.897 bits per heavy atom. The van der Waals surface area contributed by atoms with Crippen molar-refractivity contribution in [3.8, 4) is 6.07 Å². The quantitative estimate of drug-likeness (QED) is 0.246. The lowest BCUT2D eigenvalue weighted by atomic mass is 9.40. The Morgan fingerprint density at radius 3 is 2.26 bits per heavy atom. The van der Waals surface area contributed by atoms with Gasteiger partial charge in [-0.3, -0.25) is 0 Å². The summed E-state index contributed by atoms with van der Waals surface area (Å²) in [7, 11) is 5.17. The van der Waals surface area contributed by atoms with Crippen LogP contribution in [0, 0.1) is 63.6 Å². The van der Waals surface area contributed by atoms with Gasteiger partial charge in [-0.25, -0.2) is 0 Å². The average molecular weight is 550 g/mol. The minimum atomic E-state index is 0.121. The molecule has 7 nitrogen and oxygen atoms in total. The first-order valence-electron chi connectivity index (χ1n) is 15.5.